The second-order valence-electron chi connectivity index (χ2n) is 4.15. The van der Waals surface area contributed by atoms with E-state index in [1.807, 2.05) is 33.0 Å². The first-order valence-corrected chi connectivity index (χ1v) is 6.25. The molecule has 0 bridgehead atoms. The summed E-state index contributed by atoms with van der Waals surface area (Å²) >= 11 is 0. The number of methoxy groups -OCH3 is 1. The Morgan fingerprint density at radius 3 is 2.58 bits per heavy atom. The summed E-state index contributed by atoms with van der Waals surface area (Å²) in [6.45, 7) is 4.05. The molecular formula is C14H18N4O. The van der Waals surface area contributed by atoms with Crippen LogP contribution < -0.4 is 10.1 Å². The zero-order chi connectivity index (χ0) is 13.8. The molecule has 0 aliphatic rings. The SMILES string of the molecule is CCc1nc(NC)c(C)c(-c2ccc(OC)nc2)n1. The zero-order valence-corrected chi connectivity index (χ0v) is 11.7. The fourth-order valence-corrected chi connectivity index (χ4v) is 1.89. The first-order valence-electron chi connectivity index (χ1n) is 6.25. The summed E-state index contributed by atoms with van der Waals surface area (Å²) in [5, 5.41) is 3.11. The first-order chi connectivity index (χ1) is 9.19. The quantitative estimate of drug-likeness (QED) is 0.912. The predicted molar refractivity (Wildman–Crippen MR) is 75.5 cm³/mol. The van der Waals surface area contributed by atoms with Crippen LogP contribution in [-0.4, -0.2) is 29.1 Å². The third kappa shape index (κ3) is 2.65. The van der Waals surface area contributed by atoms with Crippen molar-refractivity contribution in [1.29, 1.82) is 0 Å². The first kappa shape index (κ1) is 13.3. The molecule has 5 nitrogen and oxygen atoms in total. The van der Waals surface area contributed by atoms with Crippen molar-refractivity contribution < 1.29 is 4.74 Å². The second-order valence-corrected chi connectivity index (χ2v) is 4.15. The molecule has 0 unspecified atom stereocenters. The Bertz CT molecular complexity index is 566. The van der Waals surface area contributed by atoms with Gasteiger partial charge in [0.25, 0.3) is 0 Å². The minimum absolute atomic E-state index is 0.597. The van der Waals surface area contributed by atoms with Crippen molar-refractivity contribution in [3.63, 3.8) is 0 Å². The zero-order valence-electron chi connectivity index (χ0n) is 11.7. The van der Waals surface area contributed by atoms with Crippen LogP contribution >= 0.6 is 0 Å². The summed E-state index contributed by atoms with van der Waals surface area (Å²) in [6.07, 6.45) is 2.57. The van der Waals surface area contributed by atoms with E-state index >= 15 is 0 Å². The van der Waals surface area contributed by atoms with Crippen LogP contribution in [0.1, 0.15) is 18.3 Å². The lowest BCUT2D eigenvalue weighted by molar-refractivity contribution is 0.398. The Morgan fingerprint density at radius 2 is 2.05 bits per heavy atom. The van der Waals surface area contributed by atoms with Gasteiger partial charge in [-0.25, -0.2) is 15.0 Å². The lowest BCUT2D eigenvalue weighted by atomic mass is 10.1. The number of aromatic nitrogens is 3. The van der Waals surface area contributed by atoms with Gasteiger partial charge in [0, 0.05) is 36.9 Å². The van der Waals surface area contributed by atoms with Crippen molar-refractivity contribution in [2.24, 2.45) is 0 Å². The molecule has 19 heavy (non-hydrogen) atoms. The molecule has 0 aliphatic heterocycles. The van der Waals surface area contributed by atoms with Crippen molar-refractivity contribution in [2.45, 2.75) is 20.3 Å². The van der Waals surface area contributed by atoms with Crippen molar-refractivity contribution >= 4 is 5.82 Å². The fourth-order valence-electron chi connectivity index (χ4n) is 1.89. The summed E-state index contributed by atoms with van der Waals surface area (Å²) in [7, 11) is 3.47. The molecule has 0 amide bonds. The molecule has 0 atom stereocenters. The van der Waals surface area contributed by atoms with Gasteiger partial charge >= 0.3 is 0 Å². The van der Waals surface area contributed by atoms with E-state index in [9.17, 15) is 0 Å². The van der Waals surface area contributed by atoms with E-state index in [-0.39, 0.29) is 0 Å². The monoisotopic (exact) mass is 258 g/mol. The van der Waals surface area contributed by atoms with Gasteiger partial charge in [0.15, 0.2) is 0 Å². The topological polar surface area (TPSA) is 59.9 Å². The molecule has 2 aromatic rings. The second kappa shape index (κ2) is 5.65. The van der Waals surface area contributed by atoms with Gasteiger partial charge in [0.05, 0.1) is 12.8 Å². The predicted octanol–water partition coefficient (Wildman–Crippen LogP) is 2.46. The van der Waals surface area contributed by atoms with Crippen LogP contribution in [-0.2, 0) is 6.42 Å². The summed E-state index contributed by atoms with van der Waals surface area (Å²) in [6, 6.07) is 3.79. The molecule has 2 rings (SSSR count). The van der Waals surface area contributed by atoms with Crippen molar-refractivity contribution in [1.82, 2.24) is 15.0 Å². The lowest BCUT2D eigenvalue weighted by Gasteiger charge is -2.11. The van der Waals surface area contributed by atoms with E-state index in [0.717, 1.165) is 34.9 Å². The highest BCUT2D eigenvalue weighted by atomic mass is 16.5. The van der Waals surface area contributed by atoms with Crippen molar-refractivity contribution in [3.05, 3.63) is 29.7 Å². The molecule has 0 aromatic carbocycles. The van der Waals surface area contributed by atoms with Crippen LogP contribution in [0, 0.1) is 6.92 Å². The van der Waals surface area contributed by atoms with E-state index < -0.39 is 0 Å². The third-order valence-electron chi connectivity index (χ3n) is 2.96. The average molecular weight is 258 g/mol. The fraction of sp³-hybridized carbons (Fsp3) is 0.357. The van der Waals surface area contributed by atoms with Gasteiger partial charge in [-0.2, -0.15) is 0 Å². The molecule has 1 N–H and O–H groups in total. The molecule has 2 heterocycles. The van der Waals surface area contributed by atoms with Crippen LogP contribution in [0.25, 0.3) is 11.3 Å². The Hall–Kier alpha value is -2.17. The largest absolute Gasteiger partial charge is 0.481 e. The molecule has 0 saturated heterocycles. The number of nitrogens with one attached hydrogen (secondary N) is 1. The van der Waals surface area contributed by atoms with Gasteiger partial charge in [0.2, 0.25) is 5.88 Å². The minimum atomic E-state index is 0.597. The molecule has 0 spiro atoms. The molecular weight excluding hydrogens is 240 g/mol. The number of hydrogen-bond acceptors (Lipinski definition) is 5. The van der Waals surface area contributed by atoms with E-state index in [2.05, 4.69) is 20.3 Å². The average Bonchev–Trinajstić information content (AvgIpc) is 2.47. The van der Waals surface area contributed by atoms with Crippen LogP contribution in [0.15, 0.2) is 18.3 Å². The molecule has 0 aliphatic carbocycles. The van der Waals surface area contributed by atoms with E-state index in [1.54, 1.807) is 13.3 Å². The summed E-state index contributed by atoms with van der Waals surface area (Å²) in [5.41, 5.74) is 2.89. The van der Waals surface area contributed by atoms with Crippen LogP contribution in [0.3, 0.4) is 0 Å². The Balaban J connectivity index is 2.53. The highest BCUT2D eigenvalue weighted by Gasteiger charge is 2.11. The maximum Gasteiger partial charge on any atom is 0.212 e. The normalized spacial score (nSPS) is 10.3. The van der Waals surface area contributed by atoms with Crippen LogP contribution in [0.5, 0.6) is 5.88 Å². The summed E-state index contributed by atoms with van der Waals surface area (Å²) in [5.74, 6) is 2.28. The minimum Gasteiger partial charge on any atom is -0.481 e. The maximum absolute atomic E-state index is 5.07. The van der Waals surface area contributed by atoms with Gasteiger partial charge in [-0.15, -0.1) is 0 Å². The van der Waals surface area contributed by atoms with Crippen LogP contribution in [0.2, 0.25) is 0 Å². The smallest absolute Gasteiger partial charge is 0.212 e. The molecule has 5 heteroatoms. The van der Waals surface area contributed by atoms with Gasteiger partial charge in [0.1, 0.15) is 11.6 Å². The molecule has 0 fully saturated rings. The van der Waals surface area contributed by atoms with Gasteiger partial charge in [-0.1, -0.05) is 6.92 Å². The number of aryl methyl sites for hydroxylation is 1. The maximum atomic E-state index is 5.07. The molecule has 2 aromatic heterocycles. The molecule has 0 saturated carbocycles. The Morgan fingerprint density at radius 1 is 1.26 bits per heavy atom. The molecule has 100 valence electrons. The summed E-state index contributed by atoms with van der Waals surface area (Å²) in [4.78, 5) is 13.3. The molecule has 0 radical (unpaired) electrons. The Kier molecular flexibility index (Phi) is 3.94. The standard InChI is InChI=1S/C14H18N4O/c1-5-11-17-13(9(2)14(15-3)18-11)10-6-7-12(19-4)16-8-10/h6-8H,5H2,1-4H3,(H,15,17,18). The number of ether oxygens (including phenoxy) is 1. The van der Waals surface area contributed by atoms with Crippen molar-refractivity contribution in [3.8, 4) is 17.1 Å². The van der Waals surface area contributed by atoms with Gasteiger partial charge in [-0.05, 0) is 13.0 Å². The Labute approximate surface area is 113 Å². The number of rotatable bonds is 4. The third-order valence-corrected chi connectivity index (χ3v) is 2.96. The number of hydrogen-bond donors (Lipinski definition) is 1. The van der Waals surface area contributed by atoms with Crippen molar-refractivity contribution in [2.75, 3.05) is 19.5 Å². The number of anilines is 1. The van der Waals surface area contributed by atoms with Crippen LogP contribution in [0.4, 0.5) is 5.82 Å². The van der Waals surface area contributed by atoms with E-state index in [1.165, 1.54) is 0 Å². The number of nitrogens with zero attached hydrogens (tertiary/aromatic N) is 3. The number of pyridine rings is 1. The van der Waals surface area contributed by atoms with E-state index in [4.69, 9.17) is 4.74 Å². The highest BCUT2D eigenvalue weighted by Crippen LogP contribution is 2.26. The van der Waals surface area contributed by atoms with Gasteiger partial charge in [-0.3, -0.25) is 0 Å². The van der Waals surface area contributed by atoms with Gasteiger partial charge < -0.3 is 10.1 Å². The summed E-state index contributed by atoms with van der Waals surface area (Å²) < 4.78 is 5.07. The lowest BCUT2D eigenvalue weighted by Crippen LogP contribution is -2.04. The highest BCUT2D eigenvalue weighted by molar-refractivity contribution is 5.67. The van der Waals surface area contributed by atoms with E-state index in [0.29, 0.717) is 5.88 Å².